The molecule has 7 atom stereocenters. The van der Waals surface area contributed by atoms with Crippen LogP contribution in [0.3, 0.4) is 0 Å². The van der Waals surface area contributed by atoms with Gasteiger partial charge in [-0.1, -0.05) is 37.0 Å². The molecule has 1 aromatic carbocycles. The molecule has 4 heterocycles. The number of nitrogens with one attached hydrogen (secondary N) is 2. The molecule has 0 bridgehead atoms. The number of nitrogen functional groups attached to an aromatic ring is 1. The summed E-state index contributed by atoms with van der Waals surface area (Å²) < 4.78 is 77.0. The number of nitrogens with zero attached hydrogens (tertiary/aromatic N) is 3. The maximum atomic E-state index is 12.7. The van der Waals surface area contributed by atoms with Crippen molar-refractivity contribution >= 4 is 88.8 Å². The van der Waals surface area contributed by atoms with Crippen LogP contribution in [0.2, 0.25) is 0 Å². The van der Waals surface area contributed by atoms with Crippen LogP contribution in [0, 0.1) is 0 Å². The van der Waals surface area contributed by atoms with Crippen molar-refractivity contribution in [1.82, 2.24) is 19.9 Å². The Labute approximate surface area is 311 Å². The summed E-state index contributed by atoms with van der Waals surface area (Å²) in [7, 11) is -23.7. The van der Waals surface area contributed by atoms with Crippen molar-refractivity contribution in [3.05, 3.63) is 61.7 Å². The molecule has 54 heavy (non-hydrogen) atoms. The van der Waals surface area contributed by atoms with Gasteiger partial charge in [0.1, 0.15) is 23.8 Å². The summed E-state index contributed by atoms with van der Waals surface area (Å²) in [4.78, 5) is 81.9. The first-order chi connectivity index (χ1) is 24.9. The van der Waals surface area contributed by atoms with Crippen LogP contribution < -0.4 is 15.8 Å². The van der Waals surface area contributed by atoms with E-state index in [4.69, 9.17) is 38.2 Å². The Morgan fingerprint density at radius 1 is 0.981 bits per heavy atom. The summed E-state index contributed by atoms with van der Waals surface area (Å²) in [5.41, 5.74) is 4.86. The monoisotopic (exact) mass is 876 g/mol. The summed E-state index contributed by atoms with van der Waals surface area (Å²) >= 11 is 12.3. The Bertz CT molecular complexity index is 2450. The molecule has 2 aromatic heterocycles. The van der Waals surface area contributed by atoms with E-state index in [1.54, 1.807) is 13.8 Å². The van der Waals surface area contributed by atoms with Crippen LogP contribution in [0.15, 0.2) is 49.7 Å². The number of aliphatic hydroxyl groups is 1. The first kappa shape index (κ1) is 40.7. The van der Waals surface area contributed by atoms with E-state index in [9.17, 15) is 52.5 Å². The summed E-state index contributed by atoms with van der Waals surface area (Å²) in [5.74, 6) is -1.29. The number of phosphoric ester groups is 2. The number of anilines is 1. The molecule has 1 aliphatic carbocycles. The van der Waals surface area contributed by atoms with Gasteiger partial charge in [0.2, 0.25) is 11.7 Å². The fourth-order valence-corrected chi connectivity index (χ4v) is 11.2. The molecular formula is C25H26Cl2N6O17P4. The quantitative estimate of drug-likeness (QED) is 0.0952. The summed E-state index contributed by atoms with van der Waals surface area (Å²) in [6.45, 7) is 2.33. The molecule has 0 spiro atoms. The van der Waals surface area contributed by atoms with Gasteiger partial charge in [0.05, 0.1) is 34.2 Å². The molecule has 2 aliphatic heterocycles. The number of nitrogens with two attached hydrogens (primary N) is 1. The molecule has 0 saturated carbocycles. The lowest BCUT2D eigenvalue weighted by Crippen LogP contribution is -2.32. The lowest BCUT2D eigenvalue weighted by Gasteiger charge is -2.36. The molecule has 3 aliphatic rings. The smallest absolute Gasteiger partial charge is 0.404 e. The second-order valence-electron chi connectivity index (χ2n) is 12.1. The predicted molar refractivity (Wildman–Crippen MR) is 185 cm³/mol. The van der Waals surface area contributed by atoms with Crippen molar-refractivity contribution in [1.29, 1.82) is 0 Å². The number of ketones is 1. The number of phosphoric acid groups is 4. The Morgan fingerprint density at radius 3 is 2.31 bits per heavy atom. The zero-order chi connectivity index (χ0) is 39.8. The highest BCUT2D eigenvalue weighted by atomic mass is 35.5. The number of rotatable bonds is 12. The minimum atomic E-state index is -6.14. The van der Waals surface area contributed by atoms with Crippen LogP contribution in [0.4, 0.5) is 11.6 Å². The van der Waals surface area contributed by atoms with Crippen molar-refractivity contribution in [2.75, 3.05) is 12.3 Å². The Kier molecular flexibility index (Phi) is 10.7. The molecule has 1 saturated heterocycles. The van der Waals surface area contributed by atoms with Gasteiger partial charge in [-0.15, -0.1) is 0 Å². The zero-order valence-electron chi connectivity index (χ0n) is 27.1. The molecule has 29 heteroatoms. The van der Waals surface area contributed by atoms with E-state index in [0.29, 0.717) is 17.0 Å². The lowest BCUT2D eigenvalue weighted by molar-refractivity contribution is -0.111. The number of aromatic nitrogens is 4. The number of allylic oxidation sites excluding steroid dienone is 4. The van der Waals surface area contributed by atoms with Gasteiger partial charge in [0, 0.05) is 17.4 Å². The number of imidazole rings is 1. The van der Waals surface area contributed by atoms with Gasteiger partial charge < -0.3 is 39.8 Å². The fraction of sp³-hybridized carbons (Fsp3) is 0.320. The number of aromatic amines is 2. The number of Topliss-reactive ketones (excluding diaryl/α,β-unsaturated/α-hetero) is 1. The third-order valence-corrected chi connectivity index (χ3v) is 14.3. The highest BCUT2D eigenvalue weighted by Gasteiger charge is 2.48. The number of ether oxygens (including phenoxy) is 1. The van der Waals surface area contributed by atoms with Gasteiger partial charge in [-0.25, -0.2) is 28.2 Å². The summed E-state index contributed by atoms with van der Waals surface area (Å²) in [6.07, 6.45) is -2.63. The molecular weight excluding hydrogens is 851 g/mol. The number of aliphatic imine (C=N–C) groups is 1. The average Bonchev–Trinajstić information content (AvgIpc) is 3.60. The van der Waals surface area contributed by atoms with Crippen molar-refractivity contribution in [2.45, 2.75) is 44.0 Å². The number of carbonyl (C=O) groups is 1. The second-order valence-corrected chi connectivity index (χ2v) is 19.0. The number of halogens is 2. The zero-order valence-corrected chi connectivity index (χ0v) is 32.1. The standard InChI is InChI=1S/C25H26Cl2N6O17P4/c1-25(2)10-5-9(3-4-12(10)29-13-6-11(26)20(35)18(27)17(13)25)47-52(39,40)49-54(43,44)50-53(41,42)48-51(37,38)45-8-16-14(34)7-15(46-16)21-30-19-22(31-21)32-24(28)33-23(19)36/h3-6,14-16,34H,7-8H2,1-2H3,(H,37,38)(H,39,40)(H,41,42)(H,43,44)(H4,28,30,31,32,33,36)/t14?,15?,16-/m1/s1. The number of aliphatic hydroxyl groups excluding tert-OH is 1. The molecule has 0 amide bonds. The van der Waals surface area contributed by atoms with Gasteiger partial charge in [-0.05, 0) is 29.8 Å². The third-order valence-electron chi connectivity index (χ3n) is 7.83. The van der Waals surface area contributed by atoms with E-state index in [-0.39, 0.29) is 45.0 Å². The normalized spacial score (nSPS) is 25.4. The fourth-order valence-electron chi connectivity index (χ4n) is 5.62. The first-order valence-electron chi connectivity index (χ1n) is 14.8. The minimum Gasteiger partial charge on any atom is -0.404 e. The largest absolute Gasteiger partial charge is 0.536 e. The SMILES string of the molecule is CC1(C)C2=C(Cl)C(=O)C(Cl)=CC2=Nc2ccc(OP(=O)(O)OP(=O)(O)OP(=O)(O)OP(=O)(O)OC[C@H]3OC(c4nc5nc(N)[nH]c(=O)c5[nH]4)CC3O)cc21. The summed E-state index contributed by atoms with van der Waals surface area (Å²) in [5, 5.41) is 10.00. The molecule has 6 unspecified atom stereocenters. The van der Waals surface area contributed by atoms with Crippen LogP contribution in [0.5, 0.6) is 5.75 Å². The number of H-pyrrole nitrogens is 2. The molecule has 0 radical (unpaired) electrons. The van der Waals surface area contributed by atoms with Gasteiger partial charge in [-0.2, -0.15) is 17.9 Å². The minimum absolute atomic E-state index is 0.0297. The maximum absolute atomic E-state index is 12.7. The number of fused-ring (bicyclic) bond motifs is 3. The van der Waals surface area contributed by atoms with Gasteiger partial charge in [0.15, 0.2) is 11.2 Å². The maximum Gasteiger partial charge on any atom is 0.536 e. The molecule has 292 valence electrons. The van der Waals surface area contributed by atoms with Crippen LogP contribution in [0.1, 0.15) is 37.8 Å². The molecule has 6 rings (SSSR count). The van der Waals surface area contributed by atoms with Crippen molar-refractivity contribution in [2.24, 2.45) is 4.99 Å². The van der Waals surface area contributed by atoms with Crippen LogP contribution in [-0.4, -0.2) is 74.9 Å². The van der Waals surface area contributed by atoms with Crippen molar-refractivity contribution in [3.63, 3.8) is 0 Å². The molecule has 1 fully saturated rings. The molecule has 23 nitrogen and oxygen atoms in total. The van der Waals surface area contributed by atoms with Crippen LogP contribution in [-0.2, 0) is 50.7 Å². The second kappa shape index (κ2) is 14.2. The lowest BCUT2D eigenvalue weighted by atomic mass is 9.71. The third kappa shape index (κ3) is 8.57. The van der Waals surface area contributed by atoms with Crippen molar-refractivity contribution in [3.8, 4) is 5.75 Å². The predicted octanol–water partition coefficient (Wildman–Crippen LogP) is 3.53. The van der Waals surface area contributed by atoms with E-state index in [0.717, 1.165) is 6.07 Å². The summed E-state index contributed by atoms with van der Waals surface area (Å²) in [6, 6.07) is 3.63. The number of hydrogen-bond acceptors (Lipinski definition) is 17. The van der Waals surface area contributed by atoms with Crippen LogP contribution >= 0.6 is 54.5 Å². The van der Waals surface area contributed by atoms with Crippen molar-refractivity contribution < 1.29 is 74.5 Å². The van der Waals surface area contributed by atoms with E-state index in [2.05, 4.69) is 42.4 Å². The Morgan fingerprint density at radius 2 is 1.63 bits per heavy atom. The van der Waals surface area contributed by atoms with E-state index in [1.807, 2.05) is 0 Å². The average molecular weight is 877 g/mol. The van der Waals surface area contributed by atoms with Gasteiger partial charge in [-0.3, -0.25) is 24.0 Å². The number of carbonyl (C=O) groups excluding carboxylic acids is 1. The molecule has 9 N–H and O–H groups in total. The number of hydrogen-bond donors (Lipinski definition) is 8. The van der Waals surface area contributed by atoms with E-state index in [1.165, 1.54) is 18.2 Å². The molecule has 3 aromatic rings. The topological polar surface area (TPSA) is 355 Å². The highest BCUT2D eigenvalue weighted by Crippen LogP contribution is 2.71. The van der Waals surface area contributed by atoms with E-state index >= 15 is 0 Å². The Hall–Kier alpha value is -2.91. The Balaban J connectivity index is 1.07. The first-order valence-corrected chi connectivity index (χ1v) is 21.5. The highest BCUT2D eigenvalue weighted by molar-refractivity contribution is 7.69. The van der Waals surface area contributed by atoms with Gasteiger partial charge >= 0.3 is 31.3 Å². The van der Waals surface area contributed by atoms with Gasteiger partial charge in [0.25, 0.3) is 5.56 Å². The number of benzene rings is 1. The van der Waals surface area contributed by atoms with Crippen LogP contribution in [0.25, 0.3) is 11.2 Å². The van der Waals surface area contributed by atoms with E-state index < -0.39 is 78.7 Å².